The Balaban J connectivity index is 4.04. The minimum atomic E-state index is -1.10. The molecule has 8 nitrogen and oxygen atoms in total. The molecule has 0 saturated heterocycles. The van der Waals surface area contributed by atoms with Gasteiger partial charge in [0.15, 0.2) is 0 Å². The van der Waals surface area contributed by atoms with Crippen molar-refractivity contribution in [2.24, 2.45) is 5.73 Å². The third-order valence-corrected chi connectivity index (χ3v) is 2.41. The van der Waals surface area contributed by atoms with Crippen LogP contribution in [-0.4, -0.2) is 41.1 Å². The normalized spacial score (nSPS) is 13.1. The van der Waals surface area contributed by atoms with Gasteiger partial charge >= 0.3 is 17.9 Å². The van der Waals surface area contributed by atoms with Gasteiger partial charge in [-0.2, -0.15) is 0 Å². The monoisotopic (exact) mass is 289 g/mol. The molecular weight excluding hydrogens is 270 g/mol. The minimum Gasteiger partial charge on any atom is -0.481 e. The maximum atomic E-state index is 11.3. The van der Waals surface area contributed by atoms with Crippen molar-refractivity contribution in [3.8, 4) is 0 Å². The molecule has 0 radical (unpaired) electrons. The molecule has 0 bridgehead atoms. The van der Waals surface area contributed by atoms with Gasteiger partial charge in [-0.1, -0.05) is 0 Å². The zero-order valence-corrected chi connectivity index (χ0v) is 11.5. The van der Waals surface area contributed by atoms with Crippen LogP contribution in [0.15, 0.2) is 0 Å². The maximum Gasteiger partial charge on any atom is 0.306 e. The van der Waals surface area contributed by atoms with E-state index in [1.54, 1.807) is 0 Å². The lowest BCUT2D eigenvalue weighted by molar-refractivity contribution is -0.166. The number of carbonyl (C=O) groups is 4. The second-order valence-corrected chi connectivity index (χ2v) is 4.25. The van der Waals surface area contributed by atoms with Crippen molar-refractivity contribution in [3.05, 3.63) is 0 Å². The van der Waals surface area contributed by atoms with Crippen LogP contribution < -0.4 is 5.73 Å². The van der Waals surface area contributed by atoms with Gasteiger partial charge in [-0.05, 0) is 13.8 Å². The van der Waals surface area contributed by atoms with Crippen LogP contribution in [0.2, 0.25) is 0 Å². The summed E-state index contributed by atoms with van der Waals surface area (Å²) in [5.74, 6) is -3.01. The summed E-state index contributed by atoms with van der Waals surface area (Å²) in [6, 6.07) is 0. The quantitative estimate of drug-likeness (QED) is 0.570. The van der Waals surface area contributed by atoms with E-state index in [9.17, 15) is 19.2 Å². The number of carbonyl (C=O) groups excluding carboxylic acids is 3. The number of hydrogen-bond acceptors (Lipinski definition) is 6. The Morgan fingerprint density at radius 3 is 1.65 bits per heavy atom. The highest BCUT2D eigenvalue weighted by molar-refractivity contribution is 5.80. The standard InChI is InChI=1S/C12H19NO7/c1-7(19-11(17)5-3-9(13)14)8(2)20-12(18)6-4-10(15)16/h7-8H,3-6H2,1-2H3,(H2,13,14)(H,15,16). The van der Waals surface area contributed by atoms with E-state index in [2.05, 4.69) is 0 Å². The molecule has 1 amide bonds. The molecule has 0 aliphatic rings. The largest absolute Gasteiger partial charge is 0.481 e. The molecule has 3 N–H and O–H groups in total. The molecule has 8 heteroatoms. The fourth-order valence-electron chi connectivity index (χ4n) is 1.16. The molecule has 2 unspecified atom stereocenters. The molecule has 0 aromatic carbocycles. The van der Waals surface area contributed by atoms with E-state index in [1.165, 1.54) is 13.8 Å². The second-order valence-electron chi connectivity index (χ2n) is 4.25. The number of primary amides is 1. The van der Waals surface area contributed by atoms with Gasteiger partial charge in [0.1, 0.15) is 12.2 Å². The van der Waals surface area contributed by atoms with Crippen LogP contribution in [-0.2, 0) is 28.7 Å². The summed E-state index contributed by atoms with van der Waals surface area (Å²) in [6.07, 6.45) is -2.24. The summed E-state index contributed by atoms with van der Waals surface area (Å²) in [5.41, 5.74) is 4.89. The Morgan fingerprint density at radius 2 is 1.30 bits per heavy atom. The van der Waals surface area contributed by atoms with Gasteiger partial charge in [0, 0.05) is 6.42 Å². The molecule has 20 heavy (non-hydrogen) atoms. The number of aliphatic carboxylic acids is 1. The fraction of sp³-hybridized carbons (Fsp3) is 0.667. The average molecular weight is 289 g/mol. The van der Waals surface area contributed by atoms with Crippen molar-refractivity contribution in [1.29, 1.82) is 0 Å². The molecular formula is C12H19NO7. The average Bonchev–Trinajstić information content (AvgIpc) is 2.33. The molecule has 0 saturated carbocycles. The Labute approximate surface area is 116 Å². The van der Waals surface area contributed by atoms with E-state index in [1.807, 2.05) is 0 Å². The lowest BCUT2D eigenvalue weighted by Crippen LogP contribution is -2.31. The van der Waals surface area contributed by atoms with Crippen LogP contribution in [0.3, 0.4) is 0 Å². The smallest absolute Gasteiger partial charge is 0.306 e. The summed E-state index contributed by atoms with van der Waals surface area (Å²) in [7, 11) is 0. The Kier molecular flexibility index (Phi) is 7.95. The number of nitrogens with two attached hydrogens (primary N) is 1. The Morgan fingerprint density at radius 1 is 0.900 bits per heavy atom. The highest BCUT2D eigenvalue weighted by Crippen LogP contribution is 2.07. The lowest BCUT2D eigenvalue weighted by atomic mass is 10.2. The molecule has 0 aromatic rings. The lowest BCUT2D eigenvalue weighted by Gasteiger charge is -2.20. The fourth-order valence-corrected chi connectivity index (χ4v) is 1.16. The predicted octanol–water partition coefficient (Wildman–Crippen LogP) is -0.0199. The van der Waals surface area contributed by atoms with Gasteiger partial charge < -0.3 is 20.3 Å². The number of carboxylic acid groups (broad SMARTS) is 1. The Hall–Kier alpha value is -2.12. The maximum absolute atomic E-state index is 11.3. The van der Waals surface area contributed by atoms with E-state index in [0.29, 0.717) is 0 Å². The minimum absolute atomic E-state index is 0.113. The van der Waals surface area contributed by atoms with E-state index in [0.717, 1.165) is 0 Å². The van der Waals surface area contributed by atoms with Crippen molar-refractivity contribution >= 4 is 23.8 Å². The zero-order chi connectivity index (χ0) is 15.7. The number of esters is 2. The first-order chi connectivity index (χ1) is 9.22. The molecule has 0 heterocycles. The highest BCUT2D eigenvalue weighted by Gasteiger charge is 2.21. The predicted molar refractivity (Wildman–Crippen MR) is 66.4 cm³/mol. The molecule has 0 aliphatic heterocycles. The van der Waals surface area contributed by atoms with Gasteiger partial charge in [-0.15, -0.1) is 0 Å². The summed E-state index contributed by atoms with van der Waals surface area (Å²) in [5, 5.41) is 8.41. The van der Waals surface area contributed by atoms with Gasteiger partial charge in [0.2, 0.25) is 5.91 Å². The summed E-state index contributed by atoms with van der Waals surface area (Å²) in [6.45, 7) is 3.04. The van der Waals surface area contributed by atoms with Gasteiger partial charge in [-0.3, -0.25) is 19.2 Å². The highest BCUT2D eigenvalue weighted by atomic mass is 16.6. The van der Waals surface area contributed by atoms with E-state index < -0.39 is 36.0 Å². The first-order valence-corrected chi connectivity index (χ1v) is 6.11. The molecule has 2 atom stereocenters. The third kappa shape index (κ3) is 8.90. The summed E-state index contributed by atoms with van der Waals surface area (Å²) < 4.78 is 9.87. The number of hydrogen-bond donors (Lipinski definition) is 2. The molecule has 0 aromatic heterocycles. The van der Waals surface area contributed by atoms with Crippen molar-refractivity contribution in [2.75, 3.05) is 0 Å². The number of carboxylic acids is 1. The SMILES string of the molecule is CC(OC(=O)CCC(N)=O)C(C)OC(=O)CCC(=O)O. The molecule has 0 rings (SSSR count). The number of amides is 1. The molecule has 0 spiro atoms. The van der Waals surface area contributed by atoms with Crippen LogP contribution in [0.5, 0.6) is 0 Å². The summed E-state index contributed by atoms with van der Waals surface area (Å²) in [4.78, 5) is 43.4. The first-order valence-electron chi connectivity index (χ1n) is 6.11. The van der Waals surface area contributed by atoms with E-state index in [-0.39, 0.29) is 25.7 Å². The zero-order valence-electron chi connectivity index (χ0n) is 11.5. The second kappa shape index (κ2) is 8.89. The van der Waals surface area contributed by atoms with Crippen LogP contribution in [0.4, 0.5) is 0 Å². The topological polar surface area (TPSA) is 133 Å². The first kappa shape index (κ1) is 17.9. The number of rotatable bonds is 9. The van der Waals surface area contributed by atoms with Gasteiger partial charge in [0.25, 0.3) is 0 Å². The number of ether oxygens (including phenoxy) is 2. The van der Waals surface area contributed by atoms with E-state index >= 15 is 0 Å². The van der Waals surface area contributed by atoms with Crippen molar-refractivity contribution in [3.63, 3.8) is 0 Å². The molecule has 0 fully saturated rings. The van der Waals surface area contributed by atoms with Crippen molar-refractivity contribution < 1.29 is 33.8 Å². The molecule has 0 aliphatic carbocycles. The molecule has 114 valence electrons. The van der Waals surface area contributed by atoms with Gasteiger partial charge in [0.05, 0.1) is 19.3 Å². The van der Waals surface area contributed by atoms with Crippen molar-refractivity contribution in [1.82, 2.24) is 0 Å². The van der Waals surface area contributed by atoms with E-state index in [4.69, 9.17) is 20.3 Å². The summed E-state index contributed by atoms with van der Waals surface area (Å²) >= 11 is 0. The van der Waals surface area contributed by atoms with Crippen LogP contribution in [0.25, 0.3) is 0 Å². The van der Waals surface area contributed by atoms with Crippen molar-refractivity contribution in [2.45, 2.75) is 51.7 Å². The van der Waals surface area contributed by atoms with Crippen LogP contribution in [0, 0.1) is 0 Å². The Bertz CT molecular complexity index is 344. The van der Waals surface area contributed by atoms with Crippen LogP contribution in [0.1, 0.15) is 39.5 Å². The van der Waals surface area contributed by atoms with Crippen LogP contribution >= 0.6 is 0 Å². The van der Waals surface area contributed by atoms with Gasteiger partial charge in [-0.25, -0.2) is 0 Å². The third-order valence-electron chi connectivity index (χ3n) is 2.41.